The van der Waals surface area contributed by atoms with Crippen LogP contribution in [0.4, 0.5) is 10.5 Å². The number of nitrogens with zero attached hydrogens (tertiary/aromatic N) is 2. The Morgan fingerprint density at radius 2 is 1.97 bits per heavy atom. The van der Waals surface area contributed by atoms with Gasteiger partial charge in [0, 0.05) is 43.5 Å². The zero-order valence-corrected chi connectivity index (χ0v) is 17.0. The third-order valence-electron chi connectivity index (χ3n) is 5.26. The summed E-state index contributed by atoms with van der Waals surface area (Å²) in [5.74, 6) is 2.49. The largest absolute Gasteiger partial charge is 0.448 e. The van der Waals surface area contributed by atoms with Crippen molar-refractivity contribution in [1.29, 1.82) is 0 Å². The number of carbonyl (C=O) groups is 1. The Bertz CT molecular complexity index is 858. The van der Waals surface area contributed by atoms with E-state index in [1.807, 2.05) is 32.0 Å². The van der Waals surface area contributed by atoms with Gasteiger partial charge in [-0.3, -0.25) is 0 Å². The first-order chi connectivity index (χ1) is 14.0. The van der Waals surface area contributed by atoms with Crippen molar-refractivity contribution in [3.05, 3.63) is 29.9 Å². The Kier molecular flexibility index (Phi) is 5.60. The molecule has 1 aromatic heterocycles. The SMILES string of the molecule is CC(C)c1noc(CCCNC(=O)Nc2ccc3c(c2)OC2(CCCCC2)O3)n1. The fraction of sp³-hybridized carbons (Fsp3) is 0.571. The summed E-state index contributed by atoms with van der Waals surface area (Å²) in [5, 5.41) is 9.62. The number of hydrogen-bond donors (Lipinski definition) is 2. The lowest BCUT2D eigenvalue weighted by Crippen LogP contribution is -2.40. The highest BCUT2D eigenvalue weighted by Crippen LogP contribution is 2.46. The van der Waals surface area contributed by atoms with E-state index in [-0.39, 0.29) is 11.9 Å². The van der Waals surface area contributed by atoms with Crippen LogP contribution < -0.4 is 20.1 Å². The van der Waals surface area contributed by atoms with Crippen LogP contribution in [0.2, 0.25) is 0 Å². The maximum Gasteiger partial charge on any atom is 0.319 e. The Balaban J connectivity index is 1.23. The molecule has 2 amide bonds. The second kappa shape index (κ2) is 8.31. The highest BCUT2D eigenvalue weighted by Gasteiger charge is 2.42. The van der Waals surface area contributed by atoms with Gasteiger partial charge in [0.15, 0.2) is 17.3 Å². The van der Waals surface area contributed by atoms with Gasteiger partial charge in [-0.15, -0.1) is 0 Å². The Labute approximate surface area is 170 Å². The molecular weight excluding hydrogens is 372 g/mol. The van der Waals surface area contributed by atoms with Crippen molar-refractivity contribution < 1.29 is 18.8 Å². The normalized spacial score (nSPS) is 16.9. The number of fused-ring (bicyclic) bond motifs is 1. The minimum Gasteiger partial charge on any atom is -0.448 e. The van der Waals surface area contributed by atoms with E-state index < -0.39 is 5.79 Å². The average molecular weight is 400 g/mol. The fourth-order valence-corrected chi connectivity index (χ4v) is 3.69. The summed E-state index contributed by atoms with van der Waals surface area (Å²) in [6.07, 6.45) is 6.62. The van der Waals surface area contributed by atoms with E-state index in [0.717, 1.165) is 37.9 Å². The third kappa shape index (κ3) is 4.63. The van der Waals surface area contributed by atoms with Crippen LogP contribution in [-0.4, -0.2) is 28.5 Å². The number of nitrogens with one attached hydrogen (secondary N) is 2. The van der Waals surface area contributed by atoms with E-state index in [9.17, 15) is 4.79 Å². The summed E-state index contributed by atoms with van der Waals surface area (Å²) >= 11 is 0. The molecule has 1 aromatic carbocycles. The number of ether oxygens (including phenoxy) is 2. The molecule has 1 aliphatic heterocycles. The van der Waals surface area contributed by atoms with E-state index in [2.05, 4.69) is 20.8 Å². The highest BCUT2D eigenvalue weighted by molar-refractivity contribution is 5.89. The molecule has 1 aliphatic carbocycles. The summed E-state index contributed by atoms with van der Waals surface area (Å²) < 4.78 is 17.4. The zero-order chi connectivity index (χ0) is 20.3. The van der Waals surface area contributed by atoms with Gasteiger partial charge >= 0.3 is 6.03 Å². The maximum absolute atomic E-state index is 12.2. The number of amides is 2. The molecule has 8 nitrogen and oxygen atoms in total. The number of urea groups is 1. The van der Waals surface area contributed by atoms with Crippen LogP contribution in [-0.2, 0) is 6.42 Å². The molecule has 0 saturated heterocycles. The lowest BCUT2D eigenvalue weighted by Gasteiger charge is -2.31. The molecule has 0 atom stereocenters. The molecule has 2 N–H and O–H groups in total. The molecule has 2 aliphatic rings. The summed E-state index contributed by atoms with van der Waals surface area (Å²) in [6, 6.07) is 5.25. The van der Waals surface area contributed by atoms with Gasteiger partial charge in [0.05, 0.1) is 0 Å². The first-order valence-electron chi connectivity index (χ1n) is 10.4. The number of aryl methyl sites for hydroxylation is 1. The lowest BCUT2D eigenvalue weighted by molar-refractivity contribution is -0.105. The molecule has 8 heteroatoms. The number of hydrogen-bond acceptors (Lipinski definition) is 6. The van der Waals surface area contributed by atoms with Crippen molar-refractivity contribution in [1.82, 2.24) is 15.5 Å². The predicted octanol–water partition coefficient (Wildman–Crippen LogP) is 4.38. The standard InChI is InChI=1S/C21H28N4O4/c1-14(2)19-24-18(29-25-19)7-6-12-22-20(26)23-15-8-9-16-17(13-15)28-21(27-16)10-4-3-5-11-21/h8-9,13-14H,3-7,10-12H2,1-2H3,(H2,22,23,26). The first kappa shape index (κ1) is 19.5. The van der Waals surface area contributed by atoms with Crippen molar-refractivity contribution in [3.63, 3.8) is 0 Å². The second-order valence-corrected chi connectivity index (χ2v) is 8.02. The van der Waals surface area contributed by atoms with Crippen LogP contribution in [0.5, 0.6) is 11.5 Å². The van der Waals surface area contributed by atoms with E-state index >= 15 is 0 Å². The fourth-order valence-electron chi connectivity index (χ4n) is 3.69. The van der Waals surface area contributed by atoms with E-state index in [4.69, 9.17) is 14.0 Å². The summed E-state index contributed by atoms with van der Waals surface area (Å²) in [7, 11) is 0. The van der Waals surface area contributed by atoms with Crippen molar-refractivity contribution in [2.24, 2.45) is 0 Å². The molecule has 0 unspecified atom stereocenters. The molecule has 1 saturated carbocycles. The van der Waals surface area contributed by atoms with Crippen molar-refractivity contribution >= 4 is 11.7 Å². The summed E-state index contributed by atoms with van der Waals surface area (Å²) in [6.45, 7) is 4.55. The maximum atomic E-state index is 12.2. The number of rotatable bonds is 6. The molecule has 29 heavy (non-hydrogen) atoms. The van der Waals surface area contributed by atoms with Gasteiger partial charge in [0.25, 0.3) is 5.79 Å². The van der Waals surface area contributed by atoms with E-state index in [1.165, 1.54) is 6.42 Å². The molecule has 2 aromatic rings. The lowest BCUT2D eigenvalue weighted by atomic mass is 9.94. The van der Waals surface area contributed by atoms with Crippen molar-refractivity contribution in [2.45, 2.75) is 70.5 Å². The molecule has 2 heterocycles. The molecule has 1 fully saturated rings. The minimum atomic E-state index is -0.508. The Morgan fingerprint density at radius 1 is 1.17 bits per heavy atom. The van der Waals surface area contributed by atoms with Crippen LogP contribution in [0, 0.1) is 0 Å². The van der Waals surface area contributed by atoms with Crippen LogP contribution >= 0.6 is 0 Å². The monoisotopic (exact) mass is 400 g/mol. The van der Waals surface area contributed by atoms with Gasteiger partial charge in [-0.05, 0) is 31.4 Å². The minimum absolute atomic E-state index is 0.242. The van der Waals surface area contributed by atoms with Gasteiger partial charge in [0.1, 0.15) is 0 Å². The predicted molar refractivity (Wildman–Crippen MR) is 107 cm³/mol. The summed E-state index contributed by atoms with van der Waals surface area (Å²) in [4.78, 5) is 16.5. The molecular formula is C21H28N4O4. The van der Waals surface area contributed by atoms with E-state index in [0.29, 0.717) is 36.1 Å². The summed E-state index contributed by atoms with van der Waals surface area (Å²) in [5.41, 5.74) is 0.677. The van der Waals surface area contributed by atoms with Crippen LogP contribution in [0.25, 0.3) is 0 Å². The van der Waals surface area contributed by atoms with Crippen molar-refractivity contribution in [3.8, 4) is 11.5 Å². The Hall–Kier alpha value is -2.77. The number of benzene rings is 1. The molecule has 4 rings (SSSR count). The van der Waals surface area contributed by atoms with Gasteiger partial charge in [-0.2, -0.15) is 4.98 Å². The van der Waals surface area contributed by atoms with Gasteiger partial charge in [-0.1, -0.05) is 25.4 Å². The van der Waals surface area contributed by atoms with Crippen LogP contribution in [0.3, 0.4) is 0 Å². The molecule has 156 valence electrons. The topological polar surface area (TPSA) is 98.5 Å². The van der Waals surface area contributed by atoms with Crippen molar-refractivity contribution in [2.75, 3.05) is 11.9 Å². The van der Waals surface area contributed by atoms with Gasteiger partial charge in [-0.25, -0.2) is 4.79 Å². The smallest absolute Gasteiger partial charge is 0.319 e. The van der Waals surface area contributed by atoms with Crippen LogP contribution in [0.1, 0.15) is 70.0 Å². The second-order valence-electron chi connectivity index (χ2n) is 8.02. The van der Waals surface area contributed by atoms with Gasteiger partial charge in [0.2, 0.25) is 5.89 Å². The quantitative estimate of drug-likeness (QED) is 0.698. The average Bonchev–Trinajstić information content (AvgIpc) is 3.30. The highest BCUT2D eigenvalue weighted by atomic mass is 16.7. The number of carbonyl (C=O) groups excluding carboxylic acids is 1. The Morgan fingerprint density at radius 3 is 2.72 bits per heavy atom. The molecule has 0 radical (unpaired) electrons. The number of aromatic nitrogens is 2. The zero-order valence-electron chi connectivity index (χ0n) is 17.0. The van der Waals surface area contributed by atoms with Gasteiger partial charge < -0.3 is 24.6 Å². The molecule has 1 spiro atoms. The number of anilines is 1. The first-order valence-corrected chi connectivity index (χ1v) is 10.4. The third-order valence-corrected chi connectivity index (χ3v) is 5.26. The van der Waals surface area contributed by atoms with E-state index in [1.54, 1.807) is 0 Å². The molecule has 0 bridgehead atoms. The van der Waals surface area contributed by atoms with Crippen LogP contribution in [0.15, 0.2) is 22.7 Å².